The Morgan fingerprint density at radius 3 is 2.47 bits per heavy atom. The van der Waals surface area contributed by atoms with E-state index in [4.69, 9.17) is 0 Å². The van der Waals surface area contributed by atoms with Crippen LogP contribution in [0.15, 0.2) is 24.3 Å². The van der Waals surface area contributed by atoms with Crippen LogP contribution >= 0.6 is 0 Å². The highest BCUT2D eigenvalue weighted by molar-refractivity contribution is 5.43. The molecule has 0 bridgehead atoms. The summed E-state index contributed by atoms with van der Waals surface area (Å²) in [6, 6.07) is 6.07. The molecule has 0 aliphatic heterocycles. The second-order valence-corrected chi connectivity index (χ2v) is 5.07. The minimum atomic E-state index is -3.54. The number of halogens is 2. The molecule has 4 heteroatoms. The lowest BCUT2D eigenvalue weighted by Gasteiger charge is -2.33. The topological polar surface area (TPSA) is 40.5 Å². The van der Waals surface area contributed by atoms with Gasteiger partial charge in [-0.15, -0.1) is 0 Å². The summed E-state index contributed by atoms with van der Waals surface area (Å²) in [5.41, 5.74) is -2.00. The highest BCUT2D eigenvalue weighted by atomic mass is 19.3. The van der Waals surface area contributed by atoms with Crippen molar-refractivity contribution < 1.29 is 19.0 Å². The third-order valence-electron chi connectivity index (χ3n) is 3.30. The van der Waals surface area contributed by atoms with E-state index >= 15 is 0 Å². The highest BCUT2D eigenvalue weighted by Crippen LogP contribution is 2.56. The van der Waals surface area contributed by atoms with Gasteiger partial charge in [0.2, 0.25) is 0 Å². The molecule has 0 spiro atoms. The van der Waals surface area contributed by atoms with E-state index in [2.05, 4.69) is 0 Å². The first-order valence-electron chi connectivity index (χ1n) is 5.68. The normalized spacial score (nSPS) is 30.6. The lowest BCUT2D eigenvalue weighted by molar-refractivity contribution is -0.229. The average Bonchev–Trinajstić information content (AvgIpc) is 2.39. The molecule has 0 amide bonds. The minimum Gasteiger partial charge on any atom is -0.382 e. The number of aliphatic hydroxyl groups is 2. The molecule has 17 heavy (non-hydrogen) atoms. The Balaban J connectivity index is 2.57. The van der Waals surface area contributed by atoms with Crippen LogP contribution in [0, 0.1) is 5.92 Å². The Morgan fingerprint density at radius 2 is 1.88 bits per heavy atom. The van der Waals surface area contributed by atoms with Crippen LogP contribution in [-0.4, -0.2) is 16.1 Å². The molecule has 1 aromatic rings. The molecule has 0 saturated heterocycles. The van der Waals surface area contributed by atoms with Gasteiger partial charge in [-0.3, -0.25) is 0 Å². The molecule has 94 valence electrons. The predicted molar refractivity (Wildman–Crippen MR) is 59.7 cm³/mol. The van der Waals surface area contributed by atoms with E-state index in [-0.39, 0.29) is 23.5 Å². The van der Waals surface area contributed by atoms with E-state index in [9.17, 15) is 19.0 Å². The Hall–Kier alpha value is -1.00. The summed E-state index contributed by atoms with van der Waals surface area (Å²) < 4.78 is 28.1. The van der Waals surface area contributed by atoms with Gasteiger partial charge >= 0.3 is 5.92 Å². The number of hydrogen-bond donors (Lipinski definition) is 2. The maximum absolute atomic E-state index is 14.0. The summed E-state index contributed by atoms with van der Waals surface area (Å²) in [5.74, 6) is -3.63. The zero-order chi connectivity index (χ0) is 12.8. The average molecular weight is 242 g/mol. The van der Waals surface area contributed by atoms with Crippen LogP contribution in [0.2, 0.25) is 0 Å². The molecule has 0 saturated carbocycles. The van der Waals surface area contributed by atoms with Crippen molar-refractivity contribution in [2.45, 2.75) is 37.9 Å². The maximum atomic E-state index is 14.0. The Labute approximate surface area is 98.9 Å². The summed E-state index contributed by atoms with van der Waals surface area (Å²) in [7, 11) is 0. The number of rotatable bonds is 2. The van der Waals surface area contributed by atoms with Gasteiger partial charge < -0.3 is 10.2 Å². The fraction of sp³-hybridized carbons (Fsp3) is 0.538. The summed E-state index contributed by atoms with van der Waals surface area (Å²) in [4.78, 5) is 0. The highest BCUT2D eigenvalue weighted by Gasteiger charge is 2.64. The van der Waals surface area contributed by atoms with E-state index < -0.39 is 17.6 Å². The fourth-order valence-corrected chi connectivity index (χ4v) is 2.55. The Morgan fingerprint density at radius 1 is 1.29 bits per heavy atom. The van der Waals surface area contributed by atoms with Crippen LogP contribution in [0.4, 0.5) is 8.78 Å². The molecule has 0 aromatic heterocycles. The molecule has 0 radical (unpaired) electrons. The van der Waals surface area contributed by atoms with Gasteiger partial charge in [-0.1, -0.05) is 38.1 Å². The van der Waals surface area contributed by atoms with E-state index in [0.717, 1.165) is 0 Å². The molecule has 0 heterocycles. The zero-order valence-corrected chi connectivity index (χ0v) is 9.82. The molecular weight excluding hydrogens is 226 g/mol. The number of aliphatic hydroxyl groups excluding tert-OH is 1. The SMILES string of the molecule is CC(C)C[C@@]1(O)c2ccccc2[C@@H](O)C1(F)F. The number of alkyl halides is 2. The Bertz CT molecular complexity index is 431. The van der Waals surface area contributed by atoms with Gasteiger partial charge in [-0.2, -0.15) is 8.78 Å². The third-order valence-corrected chi connectivity index (χ3v) is 3.30. The monoisotopic (exact) mass is 242 g/mol. The van der Waals surface area contributed by atoms with E-state index in [1.807, 2.05) is 0 Å². The third kappa shape index (κ3) is 1.58. The van der Waals surface area contributed by atoms with Crippen LogP contribution in [0.3, 0.4) is 0 Å². The van der Waals surface area contributed by atoms with Gasteiger partial charge in [0.25, 0.3) is 0 Å². The second kappa shape index (κ2) is 3.75. The smallest absolute Gasteiger partial charge is 0.309 e. The van der Waals surface area contributed by atoms with E-state index in [1.54, 1.807) is 26.0 Å². The molecule has 2 nitrogen and oxygen atoms in total. The van der Waals surface area contributed by atoms with Crippen molar-refractivity contribution in [2.24, 2.45) is 5.92 Å². The van der Waals surface area contributed by atoms with Gasteiger partial charge in [0, 0.05) is 0 Å². The summed E-state index contributed by atoms with van der Waals surface area (Å²) in [6.07, 6.45) is -2.00. The van der Waals surface area contributed by atoms with Gasteiger partial charge in [-0.25, -0.2) is 0 Å². The fourth-order valence-electron chi connectivity index (χ4n) is 2.55. The maximum Gasteiger partial charge on any atom is 0.309 e. The summed E-state index contributed by atoms with van der Waals surface area (Å²) >= 11 is 0. The Kier molecular flexibility index (Phi) is 2.75. The van der Waals surface area contributed by atoms with Crippen LogP contribution < -0.4 is 0 Å². The van der Waals surface area contributed by atoms with Crippen molar-refractivity contribution in [2.75, 3.05) is 0 Å². The standard InChI is InChI=1S/C13H16F2O2/c1-8(2)7-12(17)10-6-4-3-5-9(10)11(16)13(12,14)15/h3-6,8,11,16-17H,7H2,1-2H3/t11-,12-/m1/s1. The largest absolute Gasteiger partial charge is 0.382 e. The van der Waals surface area contributed by atoms with Gasteiger partial charge in [0.05, 0.1) is 0 Å². The first-order chi connectivity index (χ1) is 7.80. The lowest BCUT2D eigenvalue weighted by Crippen LogP contribution is -2.44. The van der Waals surface area contributed by atoms with Crippen molar-refractivity contribution in [3.63, 3.8) is 0 Å². The van der Waals surface area contributed by atoms with Gasteiger partial charge in [0.1, 0.15) is 6.10 Å². The van der Waals surface area contributed by atoms with E-state index in [0.29, 0.717) is 0 Å². The first-order valence-corrected chi connectivity index (χ1v) is 5.68. The molecule has 2 atom stereocenters. The van der Waals surface area contributed by atoms with Crippen LogP contribution in [0.25, 0.3) is 0 Å². The summed E-state index contributed by atoms with van der Waals surface area (Å²) in [5, 5.41) is 19.9. The number of hydrogen-bond acceptors (Lipinski definition) is 2. The van der Waals surface area contributed by atoms with Crippen molar-refractivity contribution >= 4 is 0 Å². The van der Waals surface area contributed by atoms with Gasteiger partial charge in [0.15, 0.2) is 5.60 Å². The quantitative estimate of drug-likeness (QED) is 0.836. The molecule has 0 unspecified atom stereocenters. The second-order valence-electron chi connectivity index (χ2n) is 5.07. The minimum absolute atomic E-state index is 0.0753. The number of benzene rings is 1. The molecular formula is C13H16F2O2. The summed E-state index contributed by atoms with van der Waals surface area (Å²) in [6.45, 7) is 3.53. The van der Waals surface area contributed by atoms with Crippen LogP contribution in [0.1, 0.15) is 37.5 Å². The van der Waals surface area contributed by atoms with Crippen molar-refractivity contribution in [3.05, 3.63) is 35.4 Å². The molecule has 1 aliphatic carbocycles. The van der Waals surface area contributed by atoms with Gasteiger partial charge in [-0.05, 0) is 23.5 Å². The zero-order valence-electron chi connectivity index (χ0n) is 9.82. The van der Waals surface area contributed by atoms with Crippen LogP contribution in [-0.2, 0) is 5.60 Å². The molecule has 1 aromatic carbocycles. The van der Waals surface area contributed by atoms with Crippen molar-refractivity contribution in [1.29, 1.82) is 0 Å². The van der Waals surface area contributed by atoms with Crippen molar-refractivity contribution in [1.82, 2.24) is 0 Å². The molecule has 2 N–H and O–H groups in total. The number of fused-ring (bicyclic) bond motifs is 1. The molecule has 2 rings (SSSR count). The lowest BCUT2D eigenvalue weighted by atomic mass is 9.85. The molecule has 0 fully saturated rings. The first kappa shape index (κ1) is 12.5. The molecule has 1 aliphatic rings. The van der Waals surface area contributed by atoms with Crippen molar-refractivity contribution in [3.8, 4) is 0 Å². The predicted octanol–water partition coefficient (Wildman–Crippen LogP) is 2.60. The van der Waals surface area contributed by atoms with E-state index in [1.165, 1.54) is 12.1 Å². The van der Waals surface area contributed by atoms with Crippen LogP contribution in [0.5, 0.6) is 0 Å².